The lowest BCUT2D eigenvalue weighted by atomic mass is 9.72. The van der Waals surface area contributed by atoms with E-state index in [0.29, 0.717) is 18.5 Å². The standard InChI is InChI=1S/C16H30N2O/c1-16(2)10-6-5-9-14(16)18-15(19)13-8-4-3-7-12(13)11-17/h12-14H,3-11,17H2,1-2H3,(H,18,19). The molecule has 0 spiro atoms. The molecule has 3 atom stereocenters. The van der Waals surface area contributed by atoms with Gasteiger partial charge in [-0.2, -0.15) is 0 Å². The minimum atomic E-state index is 0.163. The summed E-state index contributed by atoms with van der Waals surface area (Å²) in [6.45, 7) is 5.24. The lowest BCUT2D eigenvalue weighted by Crippen LogP contribution is -2.50. The van der Waals surface area contributed by atoms with Gasteiger partial charge >= 0.3 is 0 Å². The minimum absolute atomic E-state index is 0.163. The van der Waals surface area contributed by atoms with Crippen LogP contribution in [0.15, 0.2) is 0 Å². The van der Waals surface area contributed by atoms with Crippen molar-refractivity contribution in [2.75, 3.05) is 6.54 Å². The second kappa shape index (κ2) is 6.25. The predicted molar refractivity (Wildman–Crippen MR) is 78.7 cm³/mol. The van der Waals surface area contributed by atoms with Crippen LogP contribution in [0.2, 0.25) is 0 Å². The van der Waals surface area contributed by atoms with E-state index in [-0.39, 0.29) is 17.2 Å². The summed E-state index contributed by atoms with van der Waals surface area (Å²) in [5.74, 6) is 0.840. The van der Waals surface area contributed by atoms with Crippen LogP contribution in [0.4, 0.5) is 0 Å². The molecule has 0 heterocycles. The number of nitrogens with two attached hydrogens (primary N) is 1. The van der Waals surface area contributed by atoms with E-state index < -0.39 is 0 Å². The van der Waals surface area contributed by atoms with Crippen LogP contribution in [-0.4, -0.2) is 18.5 Å². The maximum atomic E-state index is 12.6. The molecule has 3 nitrogen and oxygen atoms in total. The van der Waals surface area contributed by atoms with Crippen molar-refractivity contribution in [1.29, 1.82) is 0 Å². The highest BCUT2D eigenvalue weighted by atomic mass is 16.2. The molecular formula is C16H30N2O. The van der Waals surface area contributed by atoms with Crippen molar-refractivity contribution in [3.8, 4) is 0 Å². The van der Waals surface area contributed by atoms with Gasteiger partial charge in [-0.1, -0.05) is 39.5 Å². The van der Waals surface area contributed by atoms with Gasteiger partial charge in [0.25, 0.3) is 0 Å². The summed E-state index contributed by atoms with van der Waals surface area (Å²) in [5.41, 5.74) is 6.09. The fraction of sp³-hybridized carbons (Fsp3) is 0.938. The lowest BCUT2D eigenvalue weighted by molar-refractivity contribution is -0.129. The highest BCUT2D eigenvalue weighted by Crippen LogP contribution is 2.36. The Labute approximate surface area is 117 Å². The first kappa shape index (κ1) is 14.8. The number of amides is 1. The molecule has 3 N–H and O–H groups in total. The Kier molecular flexibility index (Phi) is 4.88. The first-order valence-corrected chi connectivity index (χ1v) is 8.05. The molecule has 0 radical (unpaired) electrons. The van der Waals surface area contributed by atoms with Crippen LogP contribution in [0.5, 0.6) is 0 Å². The van der Waals surface area contributed by atoms with Crippen LogP contribution in [0.1, 0.15) is 65.2 Å². The van der Waals surface area contributed by atoms with Gasteiger partial charge in [0.15, 0.2) is 0 Å². The summed E-state index contributed by atoms with van der Waals surface area (Å²) in [5, 5.41) is 3.35. The second-order valence-electron chi connectivity index (χ2n) is 7.18. The van der Waals surface area contributed by atoms with Gasteiger partial charge in [0.2, 0.25) is 5.91 Å². The third kappa shape index (κ3) is 3.50. The highest BCUT2D eigenvalue weighted by Gasteiger charge is 2.36. The lowest BCUT2D eigenvalue weighted by Gasteiger charge is -2.40. The molecule has 3 unspecified atom stereocenters. The second-order valence-corrected chi connectivity index (χ2v) is 7.18. The van der Waals surface area contributed by atoms with E-state index in [1.165, 1.54) is 32.1 Å². The largest absolute Gasteiger partial charge is 0.353 e. The molecule has 2 aliphatic rings. The van der Waals surface area contributed by atoms with Gasteiger partial charge in [0.05, 0.1) is 0 Å². The molecule has 2 rings (SSSR count). The van der Waals surface area contributed by atoms with Gasteiger partial charge in [0.1, 0.15) is 0 Å². The molecule has 0 aromatic heterocycles. The van der Waals surface area contributed by atoms with Gasteiger partial charge in [-0.15, -0.1) is 0 Å². The molecule has 0 bridgehead atoms. The summed E-state index contributed by atoms with van der Waals surface area (Å²) in [6.07, 6.45) is 9.49. The molecule has 1 amide bonds. The Balaban J connectivity index is 1.95. The van der Waals surface area contributed by atoms with Crippen molar-refractivity contribution in [1.82, 2.24) is 5.32 Å². The SMILES string of the molecule is CC1(C)CCCCC1NC(=O)C1CCCCC1CN. The highest BCUT2D eigenvalue weighted by molar-refractivity contribution is 5.79. The van der Waals surface area contributed by atoms with Crippen molar-refractivity contribution in [3.05, 3.63) is 0 Å². The Morgan fingerprint density at radius 1 is 1.16 bits per heavy atom. The average Bonchev–Trinajstić information content (AvgIpc) is 2.41. The third-order valence-electron chi connectivity index (χ3n) is 5.37. The molecular weight excluding hydrogens is 236 g/mol. The number of carbonyl (C=O) groups excluding carboxylic acids is 1. The molecule has 0 aliphatic heterocycles. The quantitative estimate of drug-likeness (QED) is 0.825. The van der Waals surface area contributed by atoms with Crippen LogP contribution in [0, 0.1) is 17.3 Å². The molecule has 3 heteroatoms. The van der Waals surface area contributed by atoms with E-state index in [9.17, 15) is 4.79 Å². The molecule has 0 saturated heterocycles. The number of rotatable bonds is 3. The summed E-state index contributed by atoms with van der Waals surface area (Å²) in [4.78, 5) is 12.6. The van der Waals surface area contributed by atoms with E-state index in [0.717, 1.165) is 19.3 Å². The van der Waals surface area contributed by atoms with Gasteiger partial charge < -0.3 is 11.1 Å². The van der Waals surface area contributed by atoms with E-state index in [2.05, 4.69) is 19.2 Å². The zero-order valence-corrected chi connectivity index (χ0v) is 12.6. The van der Waals surface area contributed by atoms with Gasteiger partial charge in [-0.25, -0.2) is 0 Å². The van der Waals surface area contributed by atoms with Gasteiger partial charge in [-0.05, 0) is 43.6 Å². The van der Waals surface area contributed by atoms with E-state index >= 15 is 0 Å². The van der Waals surface area contributed by atoms with Crippen LogP contribution in [0.3, 0.4) is 0 Å². The van der Waals surface area contributed by atoms with Crippen molar-refractivity contribution in [2.45, 2.75) is 71.3 Å². The maximum absolute atomic E-state index is 12.6. The van der Waals surface area contributed by atoms with Crippen LogP contribution < -0.4 is 11.1 Å². The number of nitrogens with one attached hydrogen (secondary N) is 1. The molecule has 19 heavy (non-hydrogen) atoms. The Morgan fingerprint density at radius 2 is 1.84 bits per heavy atom. The zero-order valence-electron chi connectivity index (χ0n) is 12.6. The van der Waals surface area contributed by atoms with Crippen molar-refractivity contribution in [2.24, 2.45) is 23.0 Å². The predicted octanol–water partition coefficient (Wildman–Crippen LogP) is 2.84. The molecule has 2 saturated carbocycles. The number of carbonyl (C=O) groups is 1. The van der Waals surface area contributed by atoms with Crippen molar-refractivity contribution < 1.29 is 4.79 Å². The van der Waals surface area contributed by atoms with Crippen LogP contribution >= 0.6 is 0 Å². The molecule has 0 aromatic rings. The fourth-order valence-electron chi connectivity index (χ4n) is 3.88. The summed E-state index contributed by atoms with van der Waals surface area (Å²) in [6, 6.07) is 0.356. The first-order chi connectivity index (χ1) is 9.04. The van der Waals surface area contributed by atoms with Crippen molar-refractivity contribution in [3.63, 3.8) is 0 Å². The fourth-order valence-corrected chi connectivity index (χ4v) is 3.88. The normalized spacial score (nSPS) is 34.8. The zero-order chi connectivity index (χ0) is 13.9. The van der Waals surface area contributed by atoms with Gasteiger partial charge in [-0.3, -0.25) is 4.79 Å². The monoisotopic (exact) mass is 266 g/mol. The Morgan fingerprint density at radius 3 is 2.53 bits per heavy atom. The van der Waals surface area contributed by atoms with E-state index in [4.69, 9.17) is 5.73 Å². The number of hydrogen-bond donors (Lipinski definition) is 2. The molecule has 110 valence electrons. The van der Waals surface area contributed by atoms with Crippen molar-refractivity contribution >= 4 is 5.91 Å². The van der Waals surface area contributed by atoms with Crippen LogP contribution in [0.25, 0.3) is 0 Å². The molecule has 2 aliphatic carbocycles. The molecule has 2 fully saturated rings. The third-order valence-corrected chi connectivity index (χ3v) is 5.37. The Bertz CT molecular complexity index is 314. The summed E-state index contributed by atoms with van der Waals surface area (Å²) < 4.78 is 0. The maximum Gasteiger partial charge on any atom is 0.223 e. The first-order valence-electron chi connectivity index (χ1n) is 8.05. The van der Waals surface area contributed by atoms with E-state index in [1.54, 1.807) is 0 Å². The summed E-state index contributed by atoms with van der Waals surface area (Å²) in [7, 11) is 0. The topological polar surface area (TPSA) is 55.1 Å². The minimum Gasteiger partial charge on any atom is -0.353 e. The van der Waals surface area contributed by atoms with Gasteiger partial charge in [0, 0.05) is 12.0 Å². The smallest absolute Gasteiger partial charge is 0.223 e. The van der Waals surface area contributed by atoms with E-state index in [1.807, 2.05) is 0 Å². The van der Waals surface area contributed by atoms with Crippen LogP contribution in [-0.2, 0) is 4.79 Å². The Hall–Kier alpha value is -0.570. The summed E-state index contributed by atoms with van der Waals surface area (Å²) >= 11 is 0. The average molecular weight is 266 g/mol. The molecule has 0 aromatic carbocycles. The number of hydrogen-bond acceptors (Lipinski definition) is 2.